The molecule has 0 spiro atoms. The summed E-state index contributed by atoms with van der Waals surface area (Å²) in [4.78, 5) is 45.2. The van der Waals surface area contributed by atoms with Crippen LogP contribution in [-0.2, 0) is 16.1 Å². The number of amides is 3. The zero-order valence-electron chi connectivity index (χ0n) is 25.2. The molecule has 1 atom stereocenters. The summed E-state index contributed by atoms with van der Waals surface area (Å²) >= 11 is 18.9. The van der Waals surface area contributed by atoms with Crippen molar-refractivity contribution in [2.45, 2.75) is 32.4 Å². The Morgan fingerprint density at radius 3 is 2.37 bits per heavy atom. The van der Waals surface area contributed by atoms with E-state index >= 15 is 0 Å². The van der Waals surface area contributed by atoms with E-state index < -0.39 is 6.09 Å². The third-order valence-corrected chi connectivity index (χ3v) is 9.22. The number of aromatic nitrogens is 2. The van der Waals surface area contributed by atoms with Crippen LogP contribution in [0.4, 0.5) is 4.79 Å². The molecule has 0 radical (unpaired) electrons. The van der Waals surface area contributed by atoms with Gasteiger partial charge in [-0.05, 0) is 55.7 Å². The van der Waals surface area contributed by atoms with Gasteiger partial charge >= 0.3 is 6.09 Å². The van der Waals surface area contributed by atoms with Crippen molar-refractivity contribution in [2.24, 2.45) is 0 Å². The van der Waals surface area contributed by atoms with Crippen molar-refractivity contribution in [3.63, 3.8) is 0 Å². The van der Waals surface area contributed by atoms with Crippen molar-refractivity contribution in [3.8, 4) is 16.9 Å². The second-order valence-electron chi connectivity index (χ2n) is 11.4. The monoisotopic (exact) mass is 679 g/mol. The lowest BCUT2D eigenvalue weighted by molar-refractivity contribution is -0.138. The molecule has 6 rings (SSSR count). The third kappa shape index (κ3) is 6.72. The highest BCUT2D eigenvalue weighted by molar-refractivity contribution is 6.35. The highest BCUT2D eigenvalue weighted by Gasteiger charge is 2.37. The molecule has 4 aromatic rings. The van der Waals surface area contributed by atoms with Crippen LogP contribution in [0.1, 0.15) is 34.5 Å². The Labute approximate surface area is 282 Å². The number of benzene rings is 3. The summed E-state index contributed by atoms with van der Waals surface area (Å²) < 4.78 is 7.17. The molecule has 238 valence electrons. The Morgan fingerprint density at radius 2 is 1.65 bits per heavy atom. The smallest absolute Gasteiger partial charge is 0.410 e. The van der Waals surface area contributed by atoms with Crippen LogP contribution < -0.4 is 0 Å². The van der Waals surface area contributed by atoms with E-state index in [1.807, 2.05) is 49.4 Å². The normalized spacial score (nSPS) is 16.9. The largest absolute Gasteiger partial charge is 0.445 e. The van der Waals surface area contributed by atoms with Crippen LogP contribution in [0.3, 0.4) is 0 Å². The van der Waals surface area contributed by atoms with Gasteiger partial charge in [0.2, 0.25) is 5.91 Å². The molecular weight excluding hydrogens is 649 g/mol. The lowest BCUT2D eigenvalue weighted by Gasteiger charge is -2.42. The first-order chi connectivity index (χ1) is 22.2. The molecular formula is C34H32Cl3N5O4. The zero-order chi connectivity index (χ0) is 32.4. The van der Waals surface area contributed by atoms with Crippen molar-refractivity contribution in [1.82, 2.24) is 24.5 Å². The Bertz CT molecular complexity index is 1760. The van der Waals surface area contributed by atoms with E-state index in [9.17, 15) is 14.4 Å². The van der Waals surface area contributed by atoms with Crippen LogP contribution in [0.15, 0.2) is 72.8 Å². The quantitative estimate of drug-likeness (QED) is 0.221. The van der Waals surface area contributed by atoms with Gasteiger partial charge in [0.15, 0.2) is 5.69 Å². The highest BCUT2D eigenvalue weighted by Crippen LogP contribution is 2.34. The maximum absolute atomic E-state index is 13.9. The number of rotatable bonds is 6. The van der Waals surface area contributed by atoms with Crippen molar-refractivity contribution in [1.29, 1.82) is 0 Å². The van der Waals surface area contributed by atoms with Gasteiger partial charge in [0.25, 0.3) is 5.91 Å². The summed E-state index contributed by atoms with van der Waals surface area (Å²) in [5.74, 6) is -0.515. The molecule has 2 aliphatic rings. The number of piperidine rings is 1. The van der Waals surface area contributed by atoms with E-state index in [-0.39, 0.29) is 36.7 Å². The zero-order valence-corrected chi connectivity index (χ0v) is 27.4. The molecule has 3 amide bonds. The predicted octanol–water partition coefficient (Wildman–Crippen LogP) is 6.89. The first-order valence-corrected chi connectivity index (χ1v) is 16.2. The Balaban J connectivity index is 1.17. The van der Waals surface area contributed by atoms with Gasteiger partial charge in [-0.3, -0.25) is 9.59 Å². The second-order valence-corrected chi connectivity index (χ2v) is 12.7. The topological polar surface area (TPSA) is 88.0 Å². The summed E-state index contributed by atoms with van der Waals surface area (Å²) in [6, 6.07) is 21.7. The summed E-state index contributed by atoms with van der Waals surface area (Å²) in [5.41, 5.74) is 3.81. The van der Waals surface area contributed by atoms with Crippen molar-refractivity contribution < 1.29 is 19.1 Å². The minimum atomic E-state index is -0.391. The minimum Gasteiger partial charge on any atom is -0.445 e. The standard InChI is InChI=1S/C34H32Cl3N5O4/c1-22-31(38-42(29-14-13-26(36)18-28(29)37)32(22)24-9-11-25(35)12-10-24)33(44)39-16-17-41(30(43)20-39)27-8-5-15-40(19-27)34(45)46-21-23-6-3-2-4-7-23/h2-4,6-7,9-14,18,27H,5,8,15-17,19-21H2,1H3. The van der Waals surface area contributed by atoms with Gasteiger partial charge in [0, 0.05) is 53.4 Å². The number of likely N-dealkylation sites (tertiary alicyclic amines) is 1. The lowest BCUT2D eigenvalue weighted by Crippen LogP contribution is -2.59. The number of hydrogen-bond donors (Lipinski definition) is 0. The number of ether oxygens (including phenoxy) is 1. The molecule has 9 nitrogen and oxygen atoms in total. The minimum absolute atomic E-state index is 0.0853. The number of nitrogens with zero attached hydrogens (tertiary/aromatic N) is 5. The first-order valence-electron chi connectivity index (χ1n) is 15.0. The van der Waals surface area contributed by atoms with Gasteiger partial charge < -0.3 is 19.4 Å². The molecule has 12 heteroatoms. The van der Waals surface area contributed by atoms with Crippen LogP contribution in [0.25, 0.3) is 16.9 Å². The van der Waals surface area contributed by atoms with Gasteiger partial charge in [0.1, 0.15) is 13.2 Å². The van der Waals surface area contributed by atoms with E-state index in [1.165, 1.54) is 4.90 Å². The molecule has 2 saturated heterocycles. The van der Waals surface area contributed by atoms with Crippen molar-refractivity contribution >= 4 is 52.7 Å². The Morgan fingerprint density at radius 1 is 0.913 bits per heavy atom. The van der Waals surface area contributed by atoms with E-state index in [1.54, 1.807) is 44.8 Å². The maximum Gasteiger partial charge on any atom is 0.410 e. The van der Waals surface area contributed by atoms with Gasteiger partial charge in [-0.15, -0.1) is 0 Å². The van der Waals surface area contributed by atoms with Gasteiger partial charge in [-0.25, -0.2) is 9.48 Å². The second kappa shape index (κ2) is 13.7. The maximum atomic E-state index is 13.9. The third-order valence-electron chi connectivity index (χ3n) is 8.43. The Kier molecular flexibility index (Phi) is 9.54. The molecule has 1 unspecified atom stereocenters. The molecule has 3 heterocycles. The average Bonchev–Trinajstić information content (AvgIpc) is 3.40. The molecule has 0 aliphatic carbocycles. The van der Waals surface area contributed by atoms with Gasteiger partial charge in [-0.2, -0.15) is 5.10 Å². The van der Waals surface area contributed by atoms with Crippen LogP contribution in [-0.4, -0.2) is 81.2 Å². The van der Waals surface area contributed by atoms with E-state index in [0.29, 0.717) is 58.2 Å². The van der Waals surface area contributed by atoms with Gasteiger partial charge in [-0.1, -0.05) is 77.3 Å². The number of carbonyl (C=O) groups is 3. The highest BCUT2D eigenvalue weighted by atomic mass is 35.5. The SMILES string of the molecule is Cc1c(C(=O)N2CCN(C3CCCN(C(=O)OCc4ccccc4)C3)C(=O)C2)nn(-c2ccc(Cl)cc2Cl)c1-c1ccc(Cl)cc1. The summed E-state index contributed by atoms with van der Waals surface area (Å²) in [6.45, 7) is 3.60. The lowest BCUT2D eigenvalue weighted by atomic mass is 10.0. The Hall–Kier alpha value is -4.05. The number of piperazine rings is 1. The van der Waals surface area contributed by atoms with Crippen LogP contribution >= 0.6 is 34.8 Å². The molecule has 1 aromatic heterocycles. The van der Waals surface area contributed by atoms with Gasteiger partial charge in [0.05, 0.1) is 16.4 Å². The van der Waals surface area contributed by atoms with Crippen molar-refractivity contribution in [2.75, 3.05) is 32.7 Å². The predicted molar refractivity (Wildman–Crippen MR) is 178 cm³/mol. The molecule has 46 heavy (non-hydrogen) atoms. The number of hydrogen-bond acceptors (Lipinski definition) is 5. The fraction of sp³-hybridized carbons (Fsp3) is 0.294. The van der Waals surface area contributed by atoms with E-state index in [2.05, 4.69) is 0 Å². The molecule has 3 aromatic carbocycles. The molecule has 2 fully saturated rings. The van der Waals surface area contributed by atoms with E-state index in [0.717, 1.165) is 24.0 Å². The molecule has 0 bridgehead atoms. The van der Waals surface area contributed by atoms with Crippen LogP contribution in [0.5, 0.6) is 0 Å². The van der Waals surface area contributed by atoms with Crippen LogP contribution in [0.2, 0.25) is 15.1 Å². The first kappa shape index (κ1) is 31.9. The van der Waals surface area contributed by atoms with Crippen molar-refractivity contribution in [3.05, 3.63) is 105 Å². The summed E-state index contributed by atoms with van der Waals surface area (Å²) in [5, 5.41) is 6.16. The van der Waals surface area contributed by atoms with Crippen LogP contribution in [0, 0.1) is 6.92 Å². The molecule has 0 saturated carbocycles. The summed E-state index contributed by atoms with van der Waals surface area (Å²) in [7, 11) is 0. The molecule has 2 aliphatic heterocycles. The van der Waals surface area contributed by atoms with E-state index in [4.69, 9.17) is 44.6 Å². The fourth-order valence-electron chi connectivity index (χ4n) is 6.05. The number of halogens is 3. The summed E-state index contributed by atoms with van der Waals surface area (Å²) in [6.07, 6.45) is 1.14. The average molecular weight is 681 g/mol. The number of carbonyl (C=O) groups excluding carboxylic acids is 3. The molecule has 0 N–H and O–H groups in total. The fourth-order valence-corrected chi connectivity index (χ4v) is 6.67.